The van der Waals surface area contributed by atoms with Gasteiger partial charge in [0.2, 0.25) is 14.1 Å². The van der Waals surface area contributed by atoms with Gasteiger partial charge in [-0.1, -0.05) is 0 Å². The van der Waals surface area contributed by atoms with E-state index in [1.54, 1.807) is 0 Å². The summed E-state index contributed by atoms with van der Waals surface area (Å²) in [4.78, 5) is 0. The van der Waals surface area contributed by atoms with Crippen LogP contribution in [0.5, 0.6) is 0 Å². The lowest BCUT2D eigenvalue weighted by molar-refractivity contribution is 1.71. The molecule has 10 heavy (non-hydrogen) atoms. The number of hydrogen-bond acceptors (Lipinski definition) is 0. The van der Waals surface area contributed by atoms with Crippen molar-refractivity contribution >= 4 is 22.5 Å². The second-order valence-corrected chi connectivity index (χ2v) is 12.5. The standard InChI is InChI=1S/C6H18NP2.BH3/c1-8(2,3)7-9(4,5)6;/h1-6H3;1H3/q+1;. The van der Waals surface area contributed by atoms with E-state index in [0.717, 1.165) is 0 Å². The largest absolute Gasteiger partial charge is 0.207 e. The zero-order chi connectivity index (χ0) is 7.71. The predicted octanol–water partition coefficient (Wildman–Crippen LogP) is 1.05. The molecule has 0 spiro atoms. The third kappa shape index (κ3) is 11.4. The summed E-state index contributed by atoms with van der Waals surface area (Å²) in [5.41, 5.74) is 0. The molecule has 1 nitrogen and oxygen atoms in total. The summed E-state index contributed by atoms with van der Waals surface area (Å²) in [6.07, 6.45) is 0. The van der Waals surface area contributed by atoms with Gasteiger partial charge in [0.15, 0.2) is 0 Å². The molecule has 0 aliphatic rings. The molecule has 0 unspecified atom stereocenters. The van der Waals surface area contributed by atoms with Gasteiger partial charge in [0.05, 0.1) is 8.41 Å². The van der Waals surface area contributed by atoms with Crippen LogP contribution in [-0.2, 0) is 0 Å². The van der Waals surface area contributed by atoms with Crippen LogP contribution in [0.3, 0.4) is 0 Å². The molecule has 0 fully saturated rings. The summed E-state index contributed by atoms with van der Waals surface area (Å²) < 4.78 is 4.76. The van der Waals surface area contributed by atoms with Gasteiger partial charge in [-0.05, 0) is 0 Å². The van der Waals surface area contributed by atoms with Crippen LogP contribution < -0.4 is 4.17 Å². The fourth-order valence-electron chi connectivity index (χ4n) is 0.805. The molecule has 0 N–H and O–H groups in total. The Kier molecular flexibility index (Phi) is 5.12. The van der Waals surface area contributed by atoms with E-state index in [4.69, 9.17) is 4.17 Å². The van der Waals surface area contributed by atoms with Crippen LogP contribution in [0.15, 0.2) is 0 Å². The van der Waals surface area contributed by atoms with E-state index >= 15 is 0 Å². The van der Waals surface area contributed by atoms with Gasteiger partial charge in [-0.2, -0.15) is 4.17 Å². The van der Waals surface area contributed by atoms with Crippen molar-refractivity contribution in [1.82, 2.24) is 4.17 Å². The molecule has 0 bridgehead atoms. The molecule has 0 aliphatic heterocycles. The van der Waals surface area contributed by atoms with Crippen LogP contribution in [0.2, 0.25) is 0 Å². The second kappa shape index (κ2) is 3.86. The maximum Gasteiger partial charge on any atom is 0.207 e. The van der Waals surface area contributed by atoms with E-state index in [9.17, 15) is 0 Å². The highest BCUT2D eigenvalue weighted by Crippen LogP contribution is 2.38. The topological polar surface area (TPSA) is 14.1 Å². The van der Waals surface area contributed by atoms with E-state index in [1.807, 2.05) is 0 Å². The molecule has 0 saturated carbocycles. The Morgan fingerprint density at radius 1 is 0.700 bits per heavy atom. The average molecular weight is 180 g/mol. The van der Waals surface area contributed by atoms with Crippen LogP contribution in [0.4, 0.5) is 0 Å². The molecule has 0 aromatic heterocycles. The Morgan fingerprint density at radius 2 is 0.900 bits per heavy atom. The second-order valence-electron chi connectivity index (χ2n) is 3.97. The van der Waals surface area contributed by atoms with Gasteiger partial charge in [0, 0.05) is 40.0 Å². The molecule has 0 aromatic rings. The molecule has 0 heterocycles. The minimum absolute atomic E-state index is 0. The molecule has 0 amide bonds. The molecule has 4 heteroatoms. The van der Waals surface area contributed by atoms with E-state index in [1.165, 1.54) is 0 Å². The lowest BCUT2D eigenvalue weighted by atomic mass is 10.8. The summed E-state index contributed by atoms with van der Waals surface area (Å²) in [7, 11) is -1.73. The summed E-state index contributed by atoms with van der Waals surface area (Å²) in [5.74, 6) is 0. The first-order valence-electron chi connectivity index (χ1n) is 3.08. The minimum atomic E-state index is -0.863. The van der Waals surface area contributed by atoms with Crippen LogP contribution in [0, 0.1) is 0 Å². The Labute approximate surface area is 67.3 Å². The van der Waals surface area contributed by atoms with Gasteiger partial charge in [-0.25, -0.2) is 0 Å². The van der Waals surface area contributed by atoms with Crippen molar-refractivity contribution in [3.63, 3.8) is 0 Å². The zero-order valence-electron chi connectivity index (χ0n) is 7.34. The quantitative estimate of drug-likeness (QED) is 0.300. The molecule has 0 saturated heterocycles. The number of rotatable bonds is 0. The normalized spacial score (nSPS) is 11.8. The Hall–Kier alpha value is 0.635. The Balaban J connectivity index is 0. The fourth-order valence-corrected chi connectivity index (χ4v) is 7.24. The fraction of sp³-hybridized carbons (Fsp3) is 1.00. The Bertz CT molecular complexity index is 167. The van der Waals surface area contributed by atoms with Crippen LogP contribution in [-0.4, -0.2) is 48.4 Å². The van der Waals surface area contributed by atoms with Crippen molar-refractivity contribution in [2.75, 3.05) is 40.0 Å². The molecule has 0 rings (SSSR count). The van der Waals surface area contributed by atoms with E-state index in [-0.39, 0.29) is 8.41 Å². The number of hydrogen-bond donors (Lipinski definition) is 0. The van der Waals surface area contributed by atoms with Crippen molar-refractivity contribution in [3.8, 4) is 0 Å². The third-order valence-electron chi connectivity index (χ3n) is 0.537. The van der Waals surface area contributed by atoms with Gasteiger partial charge in [0.25, 0.3) is 0 Å². The van der Waals surface area contributed by atoms with Crippen molar-refractivity contribution in [2.45, 2.75) is 0 Å². The molecular formula is C6H21BNP2+. The van der Waals surface area contributed by atoms with Crippen molar-refractivity contribution in [3.05, 3.63) is 0 Å². The van der Waals surface area contributed by atoms with Gasteiger partial charge < -0.3 is 0 Å². The van der Waals surface area contributed by atoms with Gasteiger partial charge >= 0.3 is 0 Å². The summed E-state index contributed by atoms with van der Waals surface area (Å²) >= 11 is 0. The summed E-state index contributed by atoms with van der Waals surface area (Å²) in [5, 5.41) is 0. The first-order valence-corrected chi connectivity index (χ1v) is 9.25. The third-order valence-corrected chi connectivity index (χ3v) is 4.83. The molecule has 0 aromatic carbocycles. The van der Waals surface area contributed by atoms with Crippen LogP contribution in [0.1, 0.15) is 0 Å². The maximum absolute atomic E-state index is 4.76. The summed E-state index contributed by atoms with van der Waals surface area (Å²) in [6, 6.07) is 0. The monoisotopic (exact) mass is 180 g/mol. The highest BCUT2D eigenvalue weighted by atomic mass is 31.2. The van der Waals surface area contributed by atoms with Crippen molar-refractivity contribution in [2.24, 2.45) is 0 Å². The Morgan fingerprint density at radius 3 is 0.900 bits per heavy atom. The van der Waals surface area contributed by atoms with Crippen molar-refractivity contribution in [1.29, 1.82) is 0 Å². The van der Waals surface area contributed by atoms with Crippen molar-refractivity contribution < 1.29 is 0 Å². The van der Waals surface area contributed by atoms with Crippen LogP contribution in [0.25, 0.3) is 0 Å². The van der Waals surface area contributed by atoms with Crippen LogP contribution >= 0.6 is 14.1 Å². The highest BCUT2D eigenvalue weighted by molar-refractivity contribution is 7.71. The smallest absolute Gasteiger partial charge is 0.178 e. The minimum Gasteiger partial charge on any atom is -0.178 e. The maximum atomic E-state index is 4.76. The zero-order valence-corrected chi connectivity index (χ0v) is 9.13. The first kappa shape index (κ1) is 13.2. The molecule has 62 valence electrons. The molecular weight excluding hydrogens is 159 g/mol. The number of nitrogens with zero attached hydrogens (tertiary/aromatic N) is 1. The lowest BCUT2D eigenvalue weighted by Crippen LogP contribution is -1.79. The predicted molar refractivity (Wildman–Crippen MR) is 61.5 cm³/mol. The van der Waals surface area contributed by atoms with E-state index in [0.29, 0.717) is 0 Å². The van der Waals surface area contributed by atoms with E-state index in [2.05, 4.69) is 40.0 Å². The average Bonchev–Trinajstić information content (AvgIpc) is 1.14. The molecule has 0 atom stereocenters. The van der Waals surface area contributed by atoms with Gasteiger partial charge in [0.1, 0.15) is 0 Å². The molecule has 0 aliphatic carbocycles. The highest BCUT2D eigenvalue weighted by Gasteiger charge is 2.10. The summed E-state index contributed by atoms with van der Waals surface area (Å²) in [6.45, 7) is 13.6. The van der Waals surface area contributed by atoms with E-state index < -0.39 is 14.1 Å². The van der Waals surface area contributed by atoms with Gasteiger partial charge in [-0.15, -0.1) is 0 Å². The lowest BCUT2D eigenvalue weighted by Gasteiger charge is -1.91. The SMILES string of the molecule is B.CP(C)(C)=[N+]=P(C)(C)C. The molecule has 0 radical (unpaired) electrons. The first-order chi connectivity index (χ1) is 3.71. The van der Waals surface area contributed by atoms with Gasteiger partial charge in [-0.3, -0.25) is 0 Å².